The molecule has 1 atom stereocenters. The average Bonchev–Trinajstić information content (AvgIpc) is 3.27. The number of anilines is 1. The van der Waals surface area contributed by atoms with Gasteiger partial charge in [-0.1, -0.05) is 36.4 Å². The Kier molecular flexibility index (Phi) is 6.56. The van der Waals surface area contributed by atoms with Crippen LogP contribution >= 0.6 is 0 Å². The van der Waals surface area contributed by atoms with E-state index in [0.717, 1.165) is 37.8 Å². The smallest absolute Gasteiger partial charge is 0.173 e. The summed E-state index contributed by atoms with van der Waals surface area (Å²) in [6.45, 7) is 4.88. The third-order valence-corrected chi connectivity index (χ3v) is 5.52. The molecule has 1 aliphatic rings. The van der Waals surface area contributed by atoms with E-state index in [1.165, 1.54) is 11.3 Å². The maximum Gasteiger partial charge on any atom is 0.173 e. The van der Waals surface area contributed by atoms with Gasteiger partial charge in [-0.15, -0.1) is 5.10 Å². The first-order valence-corrected chi connectivity index (χ1v) is 10.2. The molecule has 8 heteroatoms. The van der Waals surface area contributed by atoms with Crippen molar-refractivity contribution in [2.45, 2.75) is 12.6 Å². The van der Waals surface area contributed by atoms with E-state index in [9.17, 15) is 0 Å². The van der Waals surface area contributed by atoms with Crippen molar-refractivity contribution in [1.82, 2.24) is 25.1 Å². The highest BCUT2D eigenvalue weighted by Crippen LogP contribution is 2.29. The van der Waals surface area contributed by atoms with Gasteiger partial charge in [0.1, 0.15) is 5.75 Å². The molecule has 30 heavy (non-hydrogen) atoms. The van der Waals surface area contributed by atoms with Crippen molar-refractivity contribution < 1.29 is 9.47 Å². The van der Waals surface area contributed by atoms with E-state index in [4.69, 9.17) is 9.47 Å². The Morgan fingerprint density at radius 2 is 1.77 bits per heavy atom. The van der Waals surface area contributed by atoms with Crippen LogP contribution in [0.4, 0.5) is 5.69 Å². The second kappa shape index (κ2) is 9.69. The maximum atomic E-state index is 5.38. The van der Waals surface area contributed by atoms with Gasteiger partial charge in [0.2, 0.25) is 0 Å². The van der Waals surface area contributed by atoms with Crippen LogP contribution in [-0.4, -0.2) is 72.1 Å². The number of methoxy groups -OCH3 is 2. The Hall–Kier alpha value is -2.97. The molecule has 1 aliphatic heterocycles. The number of hydrogen-bond donors (Lipinski definition) is 0. The third-order valence-electron chi connectivity index (χ3n) is 5.52. The maximum absolute atomic E-state index is 5.38. The summed E-state index contributed by atoms with van der Waals surface area (Å²) in [7, 11) is 3.39. The van der Waals surface area contributed by atoms with Crippen molar-refractivity contribution in [3.8, 4) is 5.75 Å². The number of nitrogens with zero attached hydrogens (tertiary/aromatic N) is 6. The van der Waals surface area contributed by atoms with Crippen LogP contribution < -0.4 is 9.64 Å². The monoisotopic (exact) mass is 408 g/mol. The lowest BCUT2D eigenvalue weighted by molar-refractivity contribution is 0.171. The zero-order valence-electron chi connectivity index (χ0n) is 17.5. The third kappa shape index (κ3) is 4.44. The van der Waals surface area contributed by atoms with Crippen LogP contribution in [0.25, 0.3) is 0 Å². The Balaban J connectivity index is 1.55. The number of piperazine rings is 1. The summed E-state index contributed by atoms with van der Waals surface area (Å²) in [4.78, 5) is 4.86. The van der Waals surface area contributed by atoms with E-state index in [2.05, 4.69) is 61.7 Å². The molecule has 0 spiro atoms. The molecule has 8 nitrogen and oxygen atoms in total. The summed E-state index contributed by atoms with van der Waals surface area (Å²) < 4.78 is 12.5. The lowest BCUT2D eigenvalue weighted by atomic mass is 10.0. The zero-order valence-corrected chi connectivity index (χ0v) is 17.5. The van der Waals surface area contributed by atoms with Crippen molar-refractivity contribution in [3.05, 3.63) is 66.0 Å². The fraction of sp³-hybridized carbons (Fsp3) is 0.409. The van der Waals surface area contributed by atoms with Crippen molar-refractivity contribution in [2.75, 3.05) is 51.9 Å². The standard InChI is InChI=1S/C22H28N6O2/c1-29-16-15-28-22(23-24-25-28)21(18-7-4-3-5-8-18)27-13-11-26(12-14-27)19-9-6-10-20(17-19)30-2/h3-10,17,21H,11-16H2,1-2H3/t21-/m0/s1. The minimum Gasteiger partial charge on any atom is -0.497 e. The van der Waals surface area contributed by atoms with Crippen LogP contribution in [0.3, 0.4) is 0 Å². The van der Waals surface area contributed by atoms with E-state index in [-0.39, 0.29) is 6.04 Å². The average molecular weight is 409 g/mol. The van der Waals surface area contributed by atoms with Gasteiger partial charge in [-0.2, -0.15) is 0 Å². The second-order valence-electron chi connectivity index (χ2n) is 7.29. The van der Waals surface area contributed by atoms with Gasteiger partial charge >= 0.3 is 0 Å². The summed E-state index contributed by atoms with van der Waals surface area (Å²) in [5, 5.41) is 12.6. The molecule has 0 radical (unpaired) electrons. The fourth-order valence-corrected chi connectivity index (χ4v) is 3.95. The minimum absolute atomic E-state index is 0.00511. The topological polar surface area (TPSA) is 68.5 Å². The van der Waals surface area contributed by atoms with Crippen molar-refractivity contribution >= 4 is 5.69 Å². The van der Waals surface area contributed by atoms with E-state index < -0.39 is 0 Å². The Morgan fingerprint density at radius 1 is 0.967 bits per heavy atom. The summed E-state index contributed by atoms with van der Waals surface area (Å²) in [5.74, 6) is 1.74. The van der Waals surface area contributed by atoms with Crippen LogP contribution in [0.5, 0.6) is 5.75 Å². The van der Waals surface area contributed by atoms with Gasteiger partial charge in [0.15, 0.2) is 5.82 Å². The molecule has 0 saturated carbocycles. The normalized spacial score (nSPS) is 15.9. The lowest BCUT2D eigenvalue weighted by Crippen LogP contribution is -2.48. The number of aromatic nitrogens is 4. The molecular weight excluding hydrogens is 380 g/mol. The van der Waals surface area contributed by atoms with E-state index in [1.54, 1.807) is 14.2 Å². The molecule has 3 aromatic rings. The highest BCUT2D eigenvalue weighted by Gasteiger charge is 2.30. The zero-order chi connectivity index (χ0) is 20.8. The van der Waals surface area contributed by atoms with Gasteiger partial charge in [0, 0.05) is 45.0 Å². The molecule has 2 aromatic carbocycles. The summed E-state index contributed by atoms with van der Waals surface area (Å²) >= 11 is 0. The van der Waals surface area contributed by atoms with Crippen LogP contribution in [0.15, 0.2) is 54.6 Å². The molecule has 158 valence electrons. The number of hydrogen-bond acceptors (Lipinski definition) is 7. The number of tetrazole rings is 1. The first-order valence-electron chi connectivity index (χ1n) is 10.2. The molecule has 1 fully saturated rings. The van der Waals surface area contributed by atoms with Gasteiger partial charge in [0.05, 0.1) is 26.3 Å². The lowest BCUT2D eigenvalue weighted by Gasteiger charge is -2.40. The van der Waals surface area contributed by atoms with Crippen LogP contribution in [-0.2, 0) is 11.3 Å². The summed E-state index contributed by atoms with van der Waals surface area (Å²) in [5.41, 5.74) is 2.39. The van der Waals surface area contributed by atoms with Gasteiger partial charge in [-0.05, 0) is 28.1 Å². The van der Waals surface area contributed by atoms with E-state index >= 15 is 0 Å². The largest absolute Gasteiger partial charge is 0.497 e. The van der Waals surface area contributed by atoms with Crippen LogP contribution in [0.1, 0.15) is 17.4 Å². The SMILES string of the molecule is COCCn1nnnc1[C@H](c1ccccc1)N1CCN(c2cccc(OC)c2)CC1. The van der Waals surface area contributed by atoms with Gasteiger partial charge < -0.3 is 14.4 Å². The Morgan fingerprint density at radius 3 is 2.50 bits per heavy atom. The highest BCUT2D eigenvalue weighted by molar-refractivity contribution is 5.51. The van der Waals surface area contributed by atoms with Gasteiger partial charge in [-0.25, -0.2) is 4.68 Å². The molecular formula is C22H28N6O2. The molecule has 2 heterocycles. The fourth-order valence-electron chi connectivity index (χ4n) is 3.95. The predicted molar refractivity (Wildman–Crippen MR) is 115 cm³/mol. The molecule has 1 aromatic heterocycles. The molecule has 0 amide bonds. The van der Waals surface area contributed by atoms with Crippen molar-refractivity contribution in [3.63, 3.8) is 0 Å². The first kappa shape index (κ1) is 20.3. The second-order valence-corrected chi connectivity index (χ2v) is 7.29. The van der Waals surface area contributed by atoms with Crippen molar-refractivity contribution in [1.29, 1.82) is 0 Å². The quantitative estimate of drug-likeness (QED) is 0.566. The molecule has 0 bridgehead atoms. The van der Waals surface area contributed by atoms with Crippen LogP contribution in [0.2, 0.25) is 0 Å². The Bertz CT molecular complexity index is 924. The van der Waals surface area contributed by atoms with Gasteiger partial charge in [-0.3, -0.25) is 4.90 Å². The number of benzene rings is 2. The summed E-state index contributed by atoms with van der Waals surface area (Å²) in [6, 6.07) is 18.7. The minimum atomic E-state index is 0.00511. The molecule has 0 aliphatic carbocycles. The highest BCUT2D eigenvalue weighted by atomic mass is 16.5. The Labute approximate surface area is 177 Å². The van der Waals surface area contributed by atoms with Crippen molar-refractivity contribution in [2.24, 2.45) is 0 Å². The van der Waals surface area contributed by atoms with Gasteiger partial charge in [0.25, 0.3) is 0 Å². The molecule has 0 N–H and O–H groups in total. The van der Waals surface area contributed by atoms with E-state index in [0.29, 0.717) is 13.2 Å². The first-order chi connectivity index (χ1) is 14.8. The predicted octanol–water partition coefficient (Wildman–Crippen LogP) is 2.24. The molecule has 0 unspecified atom stereocenters. The number of rotatable bonds is 8. The number of ether oxygens (including phenoxy) is 2. The van der Waals surface area contributed by atoms with Crippen LogP contribution in [0, 0.1) is 0 Å². The molecule has 4 rings (SSSR count). The molecule has 1 saturated heterocycles. The van der Waals surface area contributed by atoms with E-state index in [1.807, 2.05) is 22.9 Å². The summed E-state index contributed by atoms with van der Waals surface area (Å²) in [6.07, 6.45) is 0.